The number of carbonyl (C=O) groups is 2. The Balaban J connectivity index is 2.44. The van der Waals surface area contributed by atoms with Crippen LogP contribution in [-0.4, -0.2) is 51.8 Å². The Bertz CT molecular complexity index is 462. The SMILES string of the molecule is CCN(CC(=O)NC(C)C)C(=O)CSc1nnc(C)s1. The number of amides is 2. The van der Waals surface area contributed by atoms with Crippen LogP contribution in [0.25, 0.3) is 0 Å². The van der Waals surface area contributed by atoms with Gasteiger partial charge in [0.15, 0.2) is 4.34 Å². The number of nitrogens with zero attached hydrogens (tertiary/aromatic N) is 3. The fourth-order valence-electron chi connectivity index (χ4n) is 1.47. The fraction of sp³-hybridized carbons (Fsp3) is 0.667. The third kappa shape index (κ3) is 5.87. The first kappa shape index (κ1) is 16.9. The highest BCUT2D eigenvalue weighted by molar-refractivity contribution is 8.01. The number of likely N-dealkylation sites (N-methyl/N-ethyl adjacent to an activating group) is 1. The van der Waals surface area contributed by atoms with Crippen LogP contribution in [0.5, 0.6) is 0 Å². The van der Waals surface area contributed by atoms with E-state index < -0.39 is 0 Å². The highest BCUT2D eigenvalue weighted by Crippen LogP contribution is 2.21. The summed E-state index contributed by atoms with van der Waals surface area (Å²) in [5.41, 5.74) is 0. The van der Waals surface area contributed by atoms with Crippen LogP contribution >= 0.6 is 23.1 Å². The molecule has 8 heteroatoms. The van der Waals surface area contributed by atoms with E-state index in [2.05, 4.69) is 15.5 Å². The Morgan fingerprint density at radius 1 is 1.40 bits per heavy atom. The Kier molecular flexibility index (Phi) is 6.94. The Labute approximate surface area is 127 Å². The molecule has 0 bridgehead atoms. The number of aryl methyl sites for hydroxylation is 1. The summed E-state index contributed by atoms with van der Waals surface area (Å²) in [5, 5.41) is 11.5. The number of hydrogen-bond acceptors (Lipinski definition) is 6. The van der Waals surface area contributed by atoms with Gasteiger partial charge in [0.2, 0.25) is 11.8 Å². The summed E-state index contributed by atoms with van der Waals surface area (Å²) < 4.78 is 0.776. The molecular weight excluding hydrogens is 296 g/mol. The van der Waals surface area contributed by atoms with Gasteiger partial charge in [-0.3, -0.25) is 9.59 Å². The van der Waals surface area contributed by atoms with E-state index in [4.69, 9.17) is 0 Å². The van der Waals surface area contributed by atoms with Crippen LogP contribution in [0.1, 0.15) is 25.8 Å². The minimum Gasteiger partial charge on any atom is -0.352 e. The second kappa shape index (κ2) is 8.21. The van der Waals surface area contributed by atoms with Crippen molar-refractivity contribution >= 4 is 34.9 Å². The molecule has 112 valence electrons. The van der Waals surface area contributed by atoms with Crippen LogP contribution in [0.4, 0.5) is 0 Å². The van der Waals surface area contributed by atoms with Crippen molar-refractivity contribution in [1.29, 1.82) is 0 Å². The molecule has 0 fully saturated rings. The van der Waals surface area contributed by atoms with Crippen molar-refractivity contribution in [1.82, 2.24) is 20.4 Å². The molecular formula is C12H20N4O2S2. The molecule has 0 aliphatic carbocycles. The average molecular weight is 316 g/mol. The second-order valence-electron chi connectivity index (χ2n) is 4.51. The van der Waals surface area contributed by atoms with Crippen molar-refractivity contribution in [3.63, 3.8) is 0 Å². The van der Waals surface area contributed by atoms with E-state index in [-0.39, 0.29) is 30.2 Å². The number of nitrogens with one attached hydrogen (secondary N) is 1. The Morgan fingerprint density at radius 3 is 2.60 bits per heavy atom. The van der Waals surface area contributed by atoms with Crippen LogP contribution in [0, 0.1) is 6.92 Å². The molecule has 1 heterocycles. The van der Waals surface area contributed by atoms with Crippen LogP contribution in [0.15, 0.2) is 4.34 Å². The normalized spacial score (nSPS) is 10.7. The van der Waals surface area contributed by atoms with Crippen LogP contribution in [-0.2, 0) is 9.59 Å². The molecule has 1 aromatic heterocycles. The molecule has 0 unspecified atom stereocenters. The molecule has 2 amide bonds. The third-order valence-corrected chi connectivity index (χ3v) is 4.30. The molecule has 0 aromatic carbocycles. The minimum absolute atomic E-state index is 0.0655. The molecule has 0 aliphatic heterocycles. The van der Waals surface area contributed by atoms with E-state index >= 15 is 0 Å². The summed E-state index contributed by atoms with van der Waals surface area (Å²) in [6.07, 6.45) is 0. The Morgan fingerprint density at radius 2 is 2.10 bits per heavy atom. The summed E-state index contributed by atoms with van der Waals surface area (Å²) in [4.78, 5) is 25.3. The second-order valence-corrected chi connectivity index (χ2v) is 6.91. The molecule has 0 radical (unpaired) electrons. The van der Waals surface area contributed by atoms with E-state index in [1.54, 1.807) is 4.90 Å². The van der Waals surface area contributed by atoms with Gasteiger partial charge >= 0.3 is 0 Å². The van der Waals surface area contributed by atoms with Crippen molar-refractivity contribution in [3.8, 4) is 0 Å². The molecule has 1 rings (SSSR count). The van der Waals surface area contributed by atoms with Gasteiger partial charge in [0, 0.05) is 12.6 Å². The summed E-state index contributed by atoms with van der Waals surface area (Å²) >= 11 is 2.82. The first-order chi connectivity index (χ1) is 9.42. The quantitative estimate of drug-likeness (QED) is 0.768. The zero-order valence-corrected chi connectivity index (χ0v) is 13.8. The highest BCUT2D eigenvalue weighted by atomic mass is 32.2. The van der Waals surface area contributed by atoms with E-state index in [1.807, 2.05) is 27.7 Å². The van der Waals surface area contributed by atoms with Gasteiger partial charge in [-0.1, -0.05) is 23.1 Å². The fourth-order valence-corrected chi connectivity index (χ4v) is 3.19. The van der Waals surface area contributed by atoms with Crippen LogP contribution in [0.2, 0.25) is 0 Å². The van der Waals surface area contributed by atoms with E-state index in [0.29, 0.717) is 6.54 Å². The van der Waals surface area contributed by atoms with Gasteiger partial charge in [-0.2, -0.15) is 0 Å². The molecule has 0 spiro atoms. The zero-order chi connectivity index (χ0) is 15.1. The Hall–Kier alpha value is -1.15. The van der Waals surface area contributed by atoms with Gasteiger partial charge in [-0.05, 0) is 27.7 Å². The summed E-state index contributed by atoms with van der Waals surface area (Å²) in [7, 11) is 0. The lowest BCUT2D eigenvalue weighted by Gasteiger charge is -2.20. The maximum Gasteiger partial charge on any atom is 0.239 e. The maximum absolute atomic E-state index is 12.1. The van der Waals surface area contributed by atoms with Crippen molar-refractivity contribution in [2.24, 2.45) is 0 Å². The largest absolute Gasteiger partial charge is 0.352 e. The topological polar surface area (TPSA) is 75.2 Å². The molecule has 0 aliphatic rings. The summed E-state index contributed by atoms with van der Waals surface area (Å²) in [5.74, 6) is 0.0773. The smallest absolute Gasteiger partial charge is 0.239 e. The van der Waals surface area contributed by atoms with Crippen molar-refractivity contribution in [2.75, 3.05) is 18.8 Å². The highest BCUT2D eigenvalue weighted by Gasteiger charge is 2.16. The van der Waals surface area contributed by atoms with E-state index in [0.717, 1.165) is 9.35 Å². The monoisotopic (exact) mass is 316 g/mol. The predicted molar refractivity (Wildman–Crippen MR) is 80.9 cm³/mol. The molecule has 0 saturated carbocycles. The number of hydrogen-bond donors (Lipinski definition) is 1. The first-order valence-electron chi connectivity index (χ1n) is 6.42. The number of aromatic nitrogens is 2. The number of thioether (sulfide) groups is 1. The van der Waals surface area contributed by atoms with Gasteiger partial charge in [-0.15, -0.1) is 10.2 Å². The zero-order valence-electron chi connectivity index (χ0n) is 12.2. The van der Waals surface area contributed by atoms with E-state index in [1.165, 1.54) is 23.1 Å². The standard InChI is InChI=1S/C12H20N4O2S2/c1-5-16(6-10(17)13-8(2)3)11(18)7-19-12-15-14-9(4)20-12/h8H,5-7H2,1-4H3,(H,13,17). The number of carbonyl (C=O) groups excluding carboxylic acids is 2. The van der Waals surface area contributed by atoms with Gasteiger partial charge in [0.25, 0.3) is 0 Å². The molecule has 1 aromatic rings. The lowest BCUT2D eigenvalue weighted by molar-refractivity contribution is -0.134. The summed E-state index contributed by atoms with van der Waals surface area (Å²) in [6, 6.07) is 0.0788. The lowest BCUT2D eigenvalue weighted by Crippen LogP contribution is -2.43. The van der Waals surface area contributed by atoms with Gasteiger partial charge in [0.05, 0.1) is 12.3 Å². The van der Waals surface area contributed by atoms with Crippen LogP contribution in [0.3, 0.4) is 0 Å². The molecule has 1 N–H and O–H groups in total. The van der Waals surface area contributed by atoms with Crippen molar-refractivity contribution < 1.29 is 9.59 Å². The average Bonchev–Trinajstić information content (AvgIpc) is 2.78. The van der Waals surface area contributed by atoms with E-state index in [9.17, 15) is 9.59 Å². The number of rotatable bonds is 7. The third-order valence-electron chi connectivity index (χ3n) is 2.35. The van der Waals surface area contributed by atoms with Gasteiger partial charge in [-0.25, -0.2) is 0 Å². The first-order valence-corrected chi connectivity index (χ1v) is 8.22. The molecule has 20 heavy (non-hydrogen) atoms. The van der Waals surface area contributed by atoms with Crippen LogP contribution < -0.4 is 5.32 Å². The molecule has 0 atom stereocenters. The van der Waals surface area contributed by atoms with Crippen molar-refractivity contribution in [3.05, 3.63) is 5.01 Å². The molecule has 0 saturated heterocycles. The molecule has 6 nitrogen and oxygen atoms in total. The maximum atomic E-state index is 12.1. The minimum atomic E-state index is -0.132. The van der Waals surface area contributed by atoms with Gasteiger partial charge < -0.3 is 10.2 Å². The summed E-state index contributed by atoms with van der Waals surface area (Å²) in [6.45, 7) is 8.13. The lowest BCUT2D eigenvalue weighted by atomic mass is 10.3. The van der Waals surface area contributed by atoms with Crippen molar-refractivity contribution in [2.45, 2.75) is 38.1 Å². The predicted octanol–water partition coefficient (Wildman–Crippen LogP) is 1.31. The van der Waals surface area contributed by atoms with Gasteiger partial charge in [0.1, 0.15) is 5.01 Å².